The Kier molecular flexibility index (Phi) is 7.47. The van der Waals surface area contributed by atoms with E-state index in [2.05, 4.69) is 47.8 Å². The van der Waals surface area contributed by atoms with E-state index in [-0.39, 0.29) is 5.41 Å². The average molecular weight is 327 g/mol. The van der Waals surface area contributed by atoms with Crippen LogP contribution in [0.4, 0.5) is 13.2 Å². The Morgan fingerprint density at radius 2 is 1.89 bits per heavy atom. The van der Waals surface area contributed by atoms with Crippen LogP contribution in [-0.4, -0.2) is 18.1 Å². The fourth-order valence-corrected chi connectivity index (χ4v) is 1.43. The van der Waals surface area contributed by atoms with Crippen molar-refractivity contribution in [1.29, 1.82) is 0 Å². The summed E-state index contributed by atoms with van der Waals surface area (Å²) in [5.41, 5.74) is 7.88. The van der Waals surface area contributed by atoms with Crippen LogP contribution in [0.15, 0.2) is 16.7 Å². The van der Waals surface area contributed by atoms with Gasteiger partial charge in [0.1, 0.15) is 0 Å². The molecule has 6 heteroatoms. The molecule has 1 aromatic heterocycles. The Morgan fingerprint density at radius 3 is 2.22 bits per heavy atom. The predicted octanol–water partition coefficient (Wildman–Crippen LogP) is 3.82. The molecule has 2 N–H and O–H groups in total. The first kappa shape index (κ1) is 17.4. The first-order chi connectivity index (χ1) is 8.22. The topological polar surface area (TPSA) is 38.9 Å². The van der Waals surface area contributed by atoms with Crippen LogP contribution in [0.2, 0.25) is 0 Å². The molecule has 0 saturated carbocycles. The van der Waals surface area contributed by atoms with Crippen molar-refractivity contribution in [3.63, 3.8) is 0 Å². The predicted molar refractivity (Wildman–Crippen MR) is 70.5 cm³/mol. The normalized spacial score (nSPS) is 11.2. The minimum atomic E-state index is -2.78. The molecule has 0 spiro atoms. The van der Waals surface area contributed by atoms with E-state index in [1.54, 1.807) is 0 Å². The molecule has 0 saturated heterocycles. The lowest BCUT2D eigenvalue weighted by Gasteiger charge is -2.18. The highest BCUT2D eigenvalue weighted by Crippen LogP contribution is 2.24. The summed E-state index contributed by atoms with van der Waals surface area (Å²) in [6.07, 6.45) is -0.960. The maximum Gasteiger partial charge on any atom is 0.266 e. The van der Waals surface area contributed by atoms with Crippen molar-refractivity contribution in [2.24, 2.45) is 5.73 Å². The molecule has 18 heavy (non-hydrogen) atoms. The Hall–Kier alpha value is -0.620. The van der Waals surface area contributed by atoms with Crippen LogP contribution in [0, 0.1) is 0 Å². The largest absolute Gasteiger partial charge is 0.326 e. The van der Waals surface area contributed by atoms with Crippen LogP contribution in [0.25, 0.3) is 0 Å². The summed E-state index contributed by atoms with van der Waals surface area (Å²) >= 11 is 3.41. The number of nitrogens with two attached hydrogens (primary N) is 1. The van der Waals surface area contributed by atoms with E-state index in [0.717, 1.165) is 15.7 Å². The smallest absolute Gasteiger partial charge is 0.266 e. The van der Waals surface area contributed by atoms with Crippen molar-refractivity contribution in [3.8, 4) is 0 Å². The molecule has 0 unspecified atom stereocenters. The standard InChI is InChI=1S/C10H15BrN2.C2H3F3/c1-10(2,3)9-4-7(5-12)8(11)6-13-9;3-1-2(4)5/h4,6H,5,12H2,1-3H3;2H,1H2. The summed E-state index contributed by atoms with van der Waals surface area (Å²) in [5, 5.41) is 0. The molecule has 1 heterocycles. The van der Waals surface area contributed by atoms with Gasteiger partial charge >= 0.3 is 0 Å². The first-order valence-corrected chi connectivity index (χ1v) is 6.20. The lowest BCUT2D eigenvalue weighted by molar-refractivity contribution is 0.113. The number of hydrogen-bond donors (Lipinski definition) is 1. The third-order valence-electron chi connectivity index (χ3n) is 2.04. The van der Waals surface area contributed by atoms with Gasteiger partial charge in [-0.15, -0.1) is 0 Å². The number of halogens is 4. The minimum Gasteiger partial charge on any atom is -0.326 e. The molecule has 0 aliphatic carbocycles. The van der Waals surface area contributed by atoms with Gasteiger partial charge in [-0.1, -0.05) is 20.8 Å². The Morgan fingerprint density at radius 1 is 1.39 bits per heavy atom. The summed E-state index contributed by atoms with van der Waals surface area (Å²) in [7, 11) is 0. The van der Waals surface area contributed by atoms with E-state index in [0.29, 0.717) is 6.54 Å². The molecule has 0 aliphatic rings. The molecule has 0 bridgehead atoms. The van der Waals surface area contributed by atoms with Gasteiger partial charge in [0.15, 0.2) is 6.67 Å². The van der Waals surface area contributed by atoms with Crippen LogP contribution < -0.4 is 5.73 Å². The third kappa shape index (κ3) is 6.35. The van der Waals surface area contributed by atoms with E-state index in [1.807, 2.05) is 6.20 Å². The van der Waals surface area contributed by atoms with E-state index in [1.165, 1.54) is 0 Å². The zero-order chi connectivity index (χ0) is 14.3. The number of nitrogens with zero attached hydrogens (tertiary/aromatic N) is 1. The summed E-state index contributed by atoms with van der Waals surface area (Å²) < 4.78 is 32.1. The lowest BCUT2D eigenvalue weighted by atomic mass is 9.91. The van der Waals surface area contributed by atoms with Crippen molar-refractivity contribution < 1.29 is 13.2 Å². The SMILES string of the molecule is CC(C)(C)c1cc(CN)c(Br)cn1.FCC(F)F. The number of rotatable bonds is 2. The van der Waals surface area contributed by atoms with Crippen LogP contribution in [0.3, 0.4) is 0 Å². The van der Waals surface area contributed by atoms with Crippen molar-refractivity contribution in [2.45, 2.75) is 39.2 Å². The zero-order valence-electron chi connectivity index (χ0n) is 10.7. The molecule has 104 valence electrons. The summed E-state index contributed by atoms with van der Waals surface area (Å²) in [6, 6.07) is 2.06. The van der Waals surface area contributed by atoms with Gasteiger partial charge < -0.3 is 5.73 Å². The van der Waals surface area contributed by atoms with Gasteiger partial charge in [0, 0.05) is 28.3 Å². The monoisotopic (exact) mass is 326 g/mol. The fourth-order valence-electron chi connectivity index (χ4n) is 1.05. The van der Waals surface area contributed by atoms with Gasteiger partial charge in [-0.2, -0.15) is 0 Å². The van der Waals surface area contributed by atoms with Crippen LogP contribution in [0.1, 0.15) is 32.0 Å². The molecule has 0 fully saturated rings. The van der Waals surface area contributed by atoms with Gasteiger partial charge in [-0.25, -0.2) is 13.2 Å². The van der Waals surface area contributed by atoms with Gasteiger partial charge in [0.05, 0.1) is 0 Å². The van der Waals surface area contributed by atoms with Crippen LogP contribution in [0.5, 0.6) is 0 Å². The second kappa shape index (κ2) is 7.74. The number of alkyl halides is 3. The van der Waals surface area contributed by atoms with E-state index in [9.17, 15) is 13.2 Å². The maximum absolute atomic E-state index is 10.4. The van der Waals surface area contributed by atoms with E-state index < -0.39 is 13.1 Å². The Balaban J connectivity index is 0.000000494. The van der Waals surface area contributed by atoms with E-state index in [4.69, 9.17) is 5.73 Å². The van der Waals surface area contributed by atoms with Crippen LogP contribution in [-0.2, 0) is 12.0 Å². The number of pyridine rings is 1. The second-order valence-corrected chi connectivity index (χ2v) is 5.51. The minimum absolute atomic E-state index is 0.0879. The molecule has 0 atom stereocenters. The highest BCUT2D eigenvalue weighted by Gasteiger charge is 2.16. The number of hydrogen-bond acceptors (Lipinski definition) is 2. The lowest BCUT2D eigenvalue weighted by Crippen LogP contribution is -2.14. The average Bonchev–Trinajstić information content (AvgIpc) is 2.28. The van der Waals surface area contributed by atoms with Gasteiger partial charge in [0.25, 0.3) is 6.43 Å². The van der Waals surface area contributed by atoms with Crippen LogP contribution >= 0.6 is 15.9 Å². The fraction of sp³-hybridized carbons (Fsp3) is 0.583. The summed E-state index contributed by atoms with van der Waals surface area (Å²) in [6.45, 7) is 5.45. The third-order valence-corrected chi connectivity index (χ3v) is 2.75. The number of aromatic nitrogens is 1. The van der Waals surface area contributed by atoms with Crippen molar-refractivity contribution in [1.82, 2.24) is 4.98 Å². The molecular formula is C12H18BrF3N2. The molecule has 0 aliphatic heterocycles. The molecular weight excluding hydrogens is 309 g/mol. The maximum atomic E-state index is 10.4. The summed E-state index contributed by atoms with van der Waals surface area (Å²) in [5.74, 6) is 0. The zero-order valence-corrected chi connectivity index (χ0v) is 12.3. The van der Waals surface area contributed by atoms with Crippen molar-refractivity contribution in [2.75, 3.05) is 6.67 Å². The van der Waals surface area contributed by atoms with E-state index >= 15 is 0 Å². The van der Waals surface area contributed by atoms with Gasteiger partial charge in [-0.3, -0.25) is 4.98 Å². The highest BCUT2D eigenvalue weighted by atomic mass is 79.9. The second-order valence-electron chi connectivity index (χ2n) is 4.66. The molecule has 1 rings (SSSR count). The summed E-state index contributed by atoms with van der Waals surface area (Å²) in [4.78, 5) is 4.36. The molecule has 2 nitrogen and oxygen atoms in total. The highest BCUT2D eigenvalue weighted by molar-refractivity contribution is 9.10. The van der Waals surface area contributed by atoms with Gasteiger partial charge in [0.2, 0.25) is 0 Å². The first-order valence-electron chi connectivity index (χ1n) is 5.41. The molecule has 0 radical (unpaired) electrons. The molecule has 0 amide bonds. The van der Waals surface area contributed by atoms with Crippen molar-refractivity contribution >= 4 is 15.9 Å². The van der Waals surface area contributed by atoms with Gasteiger partial charge in [-0.05, 0) is 27.6 Å². The van der Waals surface area contributed by atoms with Crippen molar-refractivity contribution in [3.05, 3.63) is 28.0 Å². The quantitative estimate of drug-likeness (QED) is 0.897. The Labute approximate surface area is 114 Å². The molecule has 0 aromatic carbocycles. The Bertz CT molecular complexity index is 365. The molecule has 1 aromatic rings.